The second-order valence-corrected chi connectivity index (χ2v) is 6.74. The van der Waals surface area contributed by atoms with Crippen LogP contribution < -0.4 is 5.32 Å². The summed E-state index contributed by atoms with van der Waals surface area (Å²) in [5, 5.41) is 7.05. The summed E-state index contributed by atoms with van der Waals surface area (Å²) < 4.78 is 6.06. The summed E-state index contributed by atoms with van der Waals surface area (Å²) in [6, 6.07) is 4.15. The molecule has 20 heavy (non-hydrogen) atoms. The summed E-state index contributed by atoms with van der Waals surface area (Å²) in [5.74, 6) is 1.97. The van der Waals surface area contributed by atoms with Crippen molar-refractivity contribution in [2.45, 2.75) is 20.0 Å². The molecule has 2 aromatic heterocycles. The van der Waals surface area contributed by atoms with E-state index in [-0.39, 0.29) is 0 Å². The Labute approximate surface area is 130 Å². The molecule has 0 aromatic carbocycles. The predicted molar refractivity (Wildman–Crippen MR) is 82.7 cm³/mol. The Morgan fingerprint density at radius 3 is 2.90 bits per heavy atom. The van der Waals surface area contributed by atoms with Crippen molar-refractivity contribution in [3.8, 4) is 0 Å². The van der Waals surface area contributed by atoms with Gasteiger partial charge in [-0.15, -0.1) is 11.3 Å². The van der Waals surface area contributed by atoms with Gasteiger partial charge in [-0.3, -0.25) is 4.99 Å². The molecule has 0 bridgehead atoms. The van der Waals surface area contributed by atoms with Crippen molar-refractivity contribution in [1.29, 1.82) is 0 Å². The standard InChI is InChI=1S/C12H16BrN5OS/c1-8-16-11(17-19-8)6-15-12(14-2)18(3)7-9-4-5-10(13)20-9/h4-5H,6-7H2,1-3H3,(H,14,15). The summed E-state index contributed by atoms with van der Waals surface area (Å²) in [4.78, 5) is 11.7. The van der Waals surface area contributed by atoms with Gasteiger partial charge in [0.25, 0.3) is 0 Å². The first-order valence-electron chi connectivity index (χ1n) is 6.03. The minimum absolute atomic E-state index is 0.489. The number of nitrogens with zero attached hydrogens (tertiary/aromatic N) is 4. The van der Waals surface area contributed by atoms with Crippen molar-refractivity contribution in [2.75, 3.05) is 14.1 Å². The maximum atomic E-state index is 4.93. The van der Waals surface area contributed by atoms with Gasteiger partial charge < -0.3 is 14.7 Å². The quantitative estimate of drug-likeness (QED) is 0.672. The first-order valence-corrected chi connectivity index (χ1v) is 7.64. The van der Waals surface area contributed by atoms with Gasteiger partial charge in [0.15, 0.2) is 11.8 Å². The van der Waals surface area contributed by atoms with Crippen molar-refractivity contribution in [2.24, 2.45) is 4.99 Å². The molecule has 0 unspecified atom stereocenters. The molecular formula is C12H16BrN5OS. The number of thiophene rings is 1. The fourth-order valence-corrected chi connectivity index (χ4v) is 3.24. The van der Waals surface area contributed by atoms with Crippen LogP contribution in [0.4, 0.5) is 0 Å². The lowest BCUT2D eigenvalue weighted by Crippen LogP contribution is -2.38. The van der Waals surface area contributed by atoms with Crippen LogP contribution in [-0.4, -0.2) is 35.1 Å². The van der Waals surface area contributed by atoms with E-state index < -0.39 is 0 Å². The van der Waals surface area contributed by atoms with Crippen molar-refractivity contribution in [1.82, 2.24) is 20.4 Å². The van der Waals surface area contributed by atoms with Crippen LogP contribution >= 0.6 is 27.3 Å². The maximum absolute atomic E-state index is 4.93. The van der Waals surface area contributed by atoms with Crippen LogP contribution in [0.1, 0.15) is 16.6 Å². The zero-order chi connectivity index (χ0) is 14.5. The Bertz CT molecular complexity index is 594. The molecule has 108 valence electrons. The minimum atomic E-state index is 0.489. The van der Waals surface area contributed by atoms with Crippen LogP contribution in [0.5, 0.6) is 0 Å². The topological polar surface area (TPSA) is 66.5 Å². The van der Waals surface area contributed by atoms with Crippen LogP contribution in [0.2, 0.25) is 0 Å². The molecular weight excluding hydrogens is 342 g/mol. The van der Waals surface area contributed by atoms with Crippen LogP contribution in [0.25, 0.3) is 0 Å². The molecule has 2 aromatic rings. The van der Waals surface area contributed by atoms with Gasteiger partial charge in [-0.2, -0.15) is 4.98 Å². The van der Waals surface area contributed by atoms with E-state index >= 15 is 0 Å². The van der Waals surface area contributed by atoms with E-state index in [0.29, 0.717) is 18.3 Å². The molecule has 0 radical (unpaired) electrons. The number of aryl methyl sites for hydroxylation is 1. The highest BCUT2D eigenvalue weighted by Crippen LogP contribution is 2.22. The number of hydrogen-bond acceptors (Lipinski definition) is 5. The fourth-order valence-electron chi connectivity index (χ4n) is 1.70. The summed E-state index contributed by atoms with van der Waals surface area (Å²) in [7, 11) is 3.75. The number of halogens is 1. The maximum Gasteiger partial charge on any atom is 0.223 e. The summed E-state index contributed by atoms with van der Waals surface area (Å²) >= 11 is 5.18. The molecule has 0 fully saturated rings. The molecule has 2 heterocycles. The first kappa shape index (κ1) is 15.0. The van der Waals surface area contributed by atoms with Crippen molar-refractivity contribution in [3.63, 3.8) is 0 Å². The zero-order valence-corrected chi connectivity index (χ0v) is 14.0. The van der Waals surface area contributed by atoms with E-state index in [2.05, 4.69) is 42.4 Å². The third-order valence-electron chi connectivity index (χ3n) is 2.57. The van der Waals surface area contributed by atoms with E-state index in [1.54, 1.807) is 25.3 Å². The first-order chi connectivity index (χ1) is 9.58. The molecule has 1 N–H and O–H groups in total. The van der Waals surface area contributed by atoms with Crippen LogP contribution in [0.15, 0.2) is 25.4 Å². The number of hydrogen-bond donors (Lipinski definition) is 1. The average molecular weight is 358 g/mol. The van der Waals surface area contributed by atoms with Gasteiger partial charge in [-0.1, -0.05) is 5.16 Å². The highest BCUT2D eigenvalue weighted by atomic mass is 79.9. The molecule has 0 aliphatic rings. The fraction of sp³-hybridized carbons (Fsp3) is 0.417. The molecule has 0 saturated carbocycles. The second kappa shape index (κ2) is 6.85. The van der Waals surface area contributed by atoms with Gasteiger partial charge in [0.1, 0.15) is 0 Å². The summed E-state index contributed by atoms with van der Waals surface area (Å²) in [6.07, 6.45) is 0. The molecule has 8 heteroatoms. The minimum Gasteiger partial charge on any atom is -0.349 e. The Kier molecular flexibility index (Phi) is 5.13. The third kappa shape index (κ3) is 4.04. The molecule has 0 amide bonds. The molecule has 2 rings (SSSR count). The Balaban J connectivity index is 1.90. The zero-order valence-electron chi connectivity index (χ0n) is 11.6. The van der Waals surface area contributed by atoms with E-state index in [1.807, 2.05) is 18.0 Å². The van der Waals surface area contributed by atoms with Gasteiger partial charge in [0, 0.05) is 25.9 Å². The van der Waals surface area contributed by atoms with Crippen molar-refractivity contribution < 1.29 is 4.52 Å². The predicted octanol–water partition coefficient (Wildman–Crippen LogP) is 2.41. The number of rotatable bonds is 4. The molecule has 0 aliphatic heterocycles. The average Bonchev–Trinajstić information content (AvgIpc) is 2.99. The summed E-state index contributed by atoms with van der Waals surface area (Å²) in [5.41, 5.74) is 0. The highest BCUT2D eigenvalue weighted by Gasteiger charge is 2.09. The molecule has 0 atom stereocenters. The van der Waals surface area contributed by atoms with E-state index in [1.165, 1.54) is 4.88 Å². The lowest BCUT2D eigenvalue weighted by atomic mass is 10.4. The van der Waals surface area contributed by atoms with Crippen LogP contribution in [0, 0.1) is 6.92 Å². The second-order valence-electron chi connectivity index (χ2n) is 4.19. The molecule has 6 nitrogen and oxygen atoms in total. The number of aliphatic imine (C=N–C) groups is 1. The van der Waals surface area contributed by atoms with Crippen LogP contribution in [-0.2, 0) is 13.1 Å². The molecule has 0 saturated heterocycles. The van der Waals surface area contributed by atoms with Gasteiger partial charge >= 0.3 is 0 Å². The molecule has 0 aliphatic carbocycles. The van der Waals surface area contributed by atoms with Gasteiger partial charge in [0.2, 0.25) is 5.89 Å². The normalized spacial score (nSPS) is 11.7. The van der Waals surface area contributed by atoms with Crippen molar-refractivity contribution >= 4 is 33.2 Å². The Morgan fingerprint density at radius 1 is 1.55 bits per heavy atom. The highest BCUT2D eigenvalue weighted by molar-refractivity contribution is 9.11. The Morgan fingerprint density at radius 2 is 2.35 bits per heavy atom. The SMILES string of the molecule is CN=C(NCc1noc(C)n1)N(C)Cc1ccc(Br)s1. The lowest BCUT2D eigenvalue weighted by Gasteiger charge is -2.20. The van der Waals surface area contributed by atoms with E-state index in [9.17, 15) is 0 Å². The third-order valence-corrected chi connectivity index (χ3v) is 4.18. The van der Waals surface area contributed by atoms with Crippen molar-refractivity contribution in [3.05, 3.63) is 32.5 Å². The van der Waals surface area contributed by atoms with Gasteiger partial charge in [-0.25, -0.2) is 0 Å². The number of aromatic nitrogens is 2. The summed E-state index contributed by atoms with van der Waals surface area (Å²) in [6.45, 7) is 3.05. The largest absolute Gasteiger partial charge is 0.349 e. The van der Waals surface area contributed by atoms with E-state index in [4.69, 9.17) is 4.52 Å². The number of nitrogens with one attached hydrogen (secondary N) is 1. The van der Waals surface area contributed by atoms with Crippen LogP contribution in [0.3, 0.4) is 0 Å². The van der Waals surface area contributed by atoms with E-state index in [0.717, 1.165) is 16.3 Å². The Hall–Kier alpha value is -1.41. The smallest absolute Gasteiger partial charge is 0.223 e. The van der Waals surface area contributed by atoms with Gasteiger partial charge in [-0.05, 0) is 28.1 Å². The monoisotopic (exact) mass is 357 g/mol. The van der Waals surface area contributed by atoms with Gasteiger partial charge in [0.05, 0.1) is 16.9 Å². The number of guanidine groups is 1. The molecule has 0 spiro atoms. The lowest BCUT2D eigenvalue weighted by molar-refractivity contribution is 0.386.